The van der Waals surface area contributed by atoms with Gasteiger partial charge in [0.05, 0.1) is 11.6 Å². The Morgan fingerprint density at radius 3 is 2.89 bits per heavy atom. The van der Waals surface area contributed by atoms with Crippen LogP contribution >= 0.6 is 23.2 Å². The van der Waals surface area contributed by atoms with E-state index in [1.807, 2.05) is 13.0 Å². The Morgan fingerprint density at radius 1 is 1.42 bits per heavy atom. The zero-order valence-electron chi connectivity index (χ0n) is 11.0. The summed E-state index contributed by atoms with van der Waals surface area (Å²) in [4.78, 5) is 0. The summed E-state index contributed by atoms with van der Waals surface area (Å²) in [6.45, 7) is 5.25. The summed E-state index contributed by atoms with van der Waals surface area (Å²) in [5.74, 6) is 1.13. The molecule has 0 spiro atoms. The lowest BCUT2D eigenvalue weighted by molar-refractivity contribution is 0.0292. The number of rotatable bonds is 6. The molecule has 2 atom stereocenters. The van der Waals surface area contributed by atoms with Gasteiger partial charge in [-0.15, -0.1) is 0 Å². The first kappa shape index (κ1) is 14.9. The number of benzene rings is 1. The molecule has 2 rings (SSSR count). The molecule has 1 aromatic rings. The molecule has 0 bridgehead atoms. The second-order valence-corrected chi connectivity index (χ2v) is 5.49. The van der Waals surface area contributed by atoms with Crippen molar-refractivity contribution in [3.63, 3.8) is 0 Å². The highest BCUT2D eigenvalue weighted by atomic mass is 35.5. The number of halogens is 2. The molecule has 0 radical (unpaired) electrons. The van der Waals surface area contributed by atoms with Crippen LogP contribution in [0.2, 0.25) is 10.0 Å². The third-order valence-corrected chi connectivity index (χ3v) is 3.81. The first-order valence-electron chi connectivity index (χ1n) is 6.61. The molecule has 3 nitrogen and oxygen atoms in total. The number of hydrogen-bond acceptors (Lipinski definition) is 3. The van der Waals surface area contributed by atoms with Gasteiger partial charge in [0.25, 0.3) is 0 Å². The predicted molar refractivity (Wildman–Crippen MR) is 78.3 cm³/mol. The van der Waals surface area contributed by atoms with Gasteiger partial charge in [-0.1, -0.05) is 23.2 Å². The van der Waals surface area contributed by atoms with Crippen molar-refractivity contribution < 1.29 is 9.47 Å². The van der Waals surface area contributed by atoms with Crippen LogP contribution in [0.4, 0.5) is 0 Å². The summed E-state index contributed by atoms with van der Waals surface area (Å²) in [5.41, 5.74) is 0. The van der Waals surface area contributed by atoms with Crippen molar-refractivity contribution in [1.82, 2.24) is 5.32 Å². The Labute approximate surface area is 124 Å². The van der Waals surface area contributed by atoms with Crippen LogP contribution in [-0.2, 0) is 4.74 Å². The van der Waals surface area contributed by atoms with Gasteiger partial charge in [-0.2, -0.15) is 0 Å². The molecule has 1 aromatic carbocycles. The van der Waals surface area contributed by atoms with E-state index in [4.69, 9.17) is 32.7 Å². The zero-order chi connectivity index (χ0) is 13.7. The van der Waals surface area contributed by atoms with Gasteiger partial charge >= 0.3 is 0 Å². The Hall–Kier alpha value is -0.480. The summed E-state index contributed by atoms with van der Waals surface area (Å²) in [7, 11) is 0. The number of ether oxygens (including phenoxy) is 2. The Bertz CT molecular complexity index is 408. The third-order valence-electron chi connectivity index (χ3n) is 3.28. The normalized spacial score (nSPS) is 20.5. The van der Waals surface area contributed by atoms with E-state index >= 15 is 0 Å². The summed E-state index contributed by atoms with van der Waals surface area (Å²) in [6, 6.07) is 5.29. The molecule has 0 aliphatic carbocycles. The van der Waals surface area contributed by atoms with Crippen molar-refractivity contribution in [2.24, 2.45) is 5.92 Å². The van der Waals surface area contributed by atoms with Gasteiger partial charge in [0, 0.05) is 24.1 Å². The molecule has 0 aromatic heterocycles. The molecule has 1 heterocycles. The molecule has 5 heteroatoms. The summed E-state index contributed by atoms with van der Waals surface area (Å²) in [5, 5.41) is 4.50. The quantitative estimate of drug-likeness (QED) is 0.874. The maximum atomic E-state index is 6.15. The van der Waals surface area contributed by atoms with Crippen LogP contribution in [0.3, 0.4) is 0 Å². The minimum Gasteiger partial charge on any atom is -0.486 e. The maximum Gasteiger partial charge on any atom is 0.138 e. The molecule has 1 aliphatic heterocycles. The monoisotopic (exact) mass is 303 g/mol. The number of nitrogens with one attached hydrogen (secondary N) is 1. The average Bonchev–Trinajstić information content (AvgIpc) is 2.90. The lowest BCUT2D eigenvalue weighted by Gasteiger charge is -2.24. The zero-order valence-corrected chi connectivity index (χ0v) is 12.5. The van der Waals surface area contributed by atoms with E-state index in [0.717, 1.165) is 19.5 Å². The molecule has 19 heavy (non-hydrogen) atoms. The van der Waals surface area contributed by atoms with Gasteiger partial charge in [-0.3, -0.25) is 0 Å². The summed E-state index contributed by atoms with van der Waals surface area (Å²) in [6.07, 6.45) is 1.12. The lowest BCUT2D eigenvalue weighted by Crippen LogP contribution is -2.33. The largest absolute Gasteiger partial charge is 0.486 e. The van der Waals surface area contributed by atoms with Crippen molar-refractivity contribution in [3.8, 4) is 5.75 Å². The molecule has 1 saturated heterocycles. The second kappa shape index (κ2) is 7.34. The first-order valence-corrected chi connectivity index (χ1v) is 7.36. The highest BCUT2D eigenvalue weighted by Crippen LogP contribution is 2.30. The van der Waals surface area contributed by atoms with E-state index in [1.54, 1.807) is 12.1 Å². The van der Waals surface area contributed by atoms with Gasteiger partial charge in [0.1, 0.15) is 11.9 Å². The van der Waals surface area contributed by atoms with E-state index in [1.165, 1.54) is 0 Å². The molecule has 1 aliphatic rings. The van der Waals surface area contributed by atoms with Gasteiger partial charge in [0.15, 0.2) is 0 Å². The standard InChI is InChI=1S/C14H19Cl2NO2/c1-2-18-9-14(10-5-6-17-8-10)19-13-4-3-11(15)7-12(13)16/h3-4,7,10,14,17H,2,5-6,8-9H2,1H3/t10?,14-/m0/s1. The fourth-order valence-electron chi connectivity index (χ4n) is 2.23. The summed E-state index contributed by atoms with van der Waals surface area (Å²) < 4.78 is 11.6. The minimum absolute atomic E-state index is 0.0219. The first-order chi connectivity index (χ1) is 9.20. The van der Waals surface area contributed by atoms with Crippen molar-refractivity contribution in [1.29, 1.82) is 0 Å². The fraction of sp³-hybridized carbons (Fsp3) is 0.571. The highest BCUT2D eigenvalue weighted by Gasteiger charge is 2.27. The van der Waals surface area contributed by atoms with Crippen LogP contribution < -0.4 is 10.1 Å². The van der Waals surface area contributed by atoms with Gasteiger partial charge in [-0.25, -0.2) is 0 Å². The van der Waals surface area contributed by atoms with Crippen molar-refractivity contribution in [2.45, 2.75) is 19.4 Å². The number of hydrogen-bond donors (Lipinski definition) is 1. The predicted octanol–water partition coefficient (Wildman–Crippen LogP) is 3.39. The SMILES string of the molecule is CCOC[C@H](Oc1ccc(Cl)cc1Cl)C1CCNC1. The Morgan fingerprint density at radius 2 is 2.26 bits per heavy atom. The van der Waals surface area contributed by atoms with Gasteiger partial charge in [-0.05, 0) is 38.1 Å². The van der Waals surface area contributed by atoms with Crippen LogP contribution in [-0.4, -0.2) is 32.4 Å². The second-order valence-electron chi connectivity index (χ2n) is 4.64. The van der Waals surface area contributed by atoms with Crippen LogP contribution in [0.25, 0.3) is 0 Å². The molecule has 0 amide bonds. The molecule has 1 fully saturated rings. The molecular formula is C14H19Cl2NO2. The van der Waals surface area contributed by atoms with E-state index in [0.29, 0.717) is 34.9 Å². The molecule has 1 N–H and O–H groups in total. The van der Waals surface area contributed by atoms with Crippen LogP contribution in [0.5, 0.6) is 5.75 Å². The van der Waals surface area contributed by atoms with Crippen molar-refractivity contribution in [2.75, 3.05) is 26.3 Å². The lowest BCUT2D eigenvalue weighted by atomic mass is 10.0. The van der Waals surface area contributed by atoms with E-state index in [9.17, 15) is 0 Å². The molecule has 106 valence electrons. The van der Waals surface area contributed by atoms with Crippen LogP contribution in [0.1, 0.15) is 13.3 Å². The van der Waals surface area contributed by atoms with Crippen molar-refractivity contribution >= 4 is 23.2 Å². The van der Waals surface area contributed by atoms with Crippen LogP contribution in [0, 0.1) is 5.92 Å². The smallest absolute Gasteiger partial charge is 0.138 e. The molecule has 1 unspecified atom stereocenters. The van der Waals surface area contributed by atoms with E-state index in [2.05, 4.69) is 5.32 Å². The topological polar surface area (TPSA) is 30.5 Å². The third kappa shape index (κ3) is 4.25. The highest BCUT2D eigenvalue weighted by molar-refractivity contribution is 6.35. The van der Waals surface area contributed by atoms with E-state index < -0.39 is 0 Å². The summed E-state index contributed by atoms with van der Waals surface area (Å²) >= 11 is 12.0. The Kier molecular flexibility index (Phi) is 5.76. The van der Waals surface area contributed by atoms with Crippen LogP contribution in [0.15, 0.2) is 18.2 Å². The maximum absolute atomic E-state index is 6.15. The van der Waals surface area contributed by atoms with Crippen molar-refractivity contribution in [3.05, 3.63) is 28.2 Å². The Balaban J connectivity index is 2.05. The minimum atomic E-state index is 0.0219. The van der Waals surface area contributed by atoms with E-state index in [-0.39, 0.29) is 6.10 Å². The van der Waals surface area contributed by atoms with Gasteiger partial charge in [0.2, 0.25) is 0 Å². The molecule has 0 saturated carbocycles. The van der Waals surface area contributed by atoms with Gasteiger partial charge < -0.3 is 14.8 Å². The molecular weight excluding hydrogens is 285 g/mol. The fourth-order valence-corrected chi connectivity index (χ4v) is 2.68. The average molecular weight is 304 g/mol.